The average Bonchev–Trinajstić information content (AvgIpc) is 2.85. The van der Waals surface area contributed by atoms with E-state index in [2.05, 4.69) is 25.8 Å². The summed E-state index contributed by atoms with van der Waals surface area (Å²) in [6, 6.07) is 6.44. The summed E-state index contributed by atoms with van der Waals surface area (Å²) in [5.74, 6) is 0. The quantitative estimate of drug-likeness (QED) is 0.797. The molecule has 3 N–H and O–H groups in total. The molecular weight excluding hydrogens is 332 g/mol. The fraction of sp³-hybridized carbons (Fsp3) is 0.182. The molecule has 1 heterocycles. The van der Waals surface area contributed by atoms with Gasteiger partial charge in [-0.05, 0) is 40.2 Å². The van der Waals surface area contributed by atoms with Crippen LogP contribution in [-0.2, 0) is 16.6 Å². The number of nitrogens with zero attached hydrogens (tertiary/aromatic N) is 2. The highest BCUT2D eigenvalue weighted by Crippen LogP contribution is 2.23. The summed E-state index contributed by atoms with van der Waals surface area (Å²) in [4.78, 5) is 0.132. The predicted octanol–water partition coefficient (Wildman–Crippen LogP) is 1.21. The number of sulfonamides is 1. The molecule has 0 aliphatic carbocycles. The summed E-state index contributed by atoms with van der Waals surface area (Å²) in [6.07, 6.45) is 3.41. The molecule has 0 saturated heterocycles. The molecule has 1 aromatic carbocycles. The van der Waals surface area contributed by atoms with E-state index in [9.17, 15) is 8.42 Å². The monoisotopic (exact) mass is 344 g/mol. The summed E-state index contributed by atoms with van der Waals surface area (Å²) in [5, 5.41) is 3.99. The van der Waals surface area contributed by atoms with Gasteiger partial charge in [0.05, 0.1) is 11.4 Å². The first kappa shape index (κ1) is 14.0. The van der Waals surface area contributed by atoms with Gasteiger partial charge < -0.3 is 5.73 Å². The van der Waals surface area contributed by atoms with Gasteiger partial charge in [-0.3, -0.25) is 4.68 Å². The Hall–Kier alpha value is -1.38. The summed E-state index contributed by atoms with van der Waals surface area (Å²) < 4.78 is 28.9. The van der Waals surface area contributed by atoms with Gasteiger partial charge in [0.1, 0.15) is 0 Å². The number of hydrogen-bond donors (Lipinski definition) is 2. The van der Waals surface area contributed by atoms with E-state index in [0.29, 0.717) is 16.7 Å². The van der Waals surface area contributed by atoms with Crippen LogP contribution in [0.2, 0.25) is 0 Å². The van der Waals surface area contributed by atoms with Gasteiger partial charge in [-0.1, -0.05) is 0 Å². The van der Waals surface area contributed by atoms with Crippen LogP contribution in [0, 0.1) is 0 Å². The Bertz CT molecular complexity index is 655. The number of hydrogen-bond acceptors (Lipinski definition) is 4. The van der Waals surface area contributed by atoms with Crippen LogP contribution in [0.5, 0.6) is 0 Å². The van der Waals surface area contributed by atoms with Gasteiger partial charge in [-0.25, -0.2) is 13.1 Å². The second-order valence-corrected chi connectivity index (χ2v) is 6.45. The van der Waals surface area contributed by atoms with Crippen LogP contribution >= 0.6 is 15.9 Å². The Morgan fingerprint density at radius 2 is 2.21 bits per heavy atom. The molecule has 8 heteroatoms. The number of halogens is 1. The lowest BCUT2D eigenvalue weighted by Gasteiger charge is -2.09. The van der Waals surface area contributed by atoms with Crippen molar-refractivity contribution < 1.29 is 8.42 Å². The molecule has 2 rings (SSSR count). The topological polar surface area (TPSA) is 90.0 Å². The Morgan fingerprint density at radius 1 is 1.42 bits per heavy atom. The number of nitrogens with two attached hydrogens (primary N) is 1. The normalized spacial score (nSPS) is 11.6. The van der Waals surface area contributed by atoms with E-state index in [1.807, 2.05) is 0 Å². The van der Waals surface area contributed by atoms with Crippen LogP contribution in [0.25, 0.3) is 0 Å². The minimum Gasteiger partial charge on any atom is -0.399 e. The van der Waals surface area contributed by atoms with Crippen LogP contribution in [0.4, 0.5) is 5.69 Å². The van der Waals surface area contributed by atoms with Gasteiger partial charge in [-0.2, -0.15) is 5.10 Å². The second kappa shape index (κ2) is 5.72. The van der Waals surface area contributed by atoms with E-state index >= 15 is 0 Å². The number of anilines is 1. The molecule has 0 fully saturated rings. The molecule has 0 atom stereocenters. The maximum Gasteiger partial charge on any atom is 0.241 e. The summed E-state index contributed by atoms with van der Waals surface area (Å²) in [7, 11) is -3.58. The smallest absolute Gasteiger partial charge is 0.241 e. The standard InChI is InChI=1S/C11H13BrN4O2S/c12-10-3-2-9(13)8-11(10)19(17,18)15-5-7-16-6-1-4-14-16/h1-4,6,8,15H,5,7,13H2. The van der Waals surface area contributed by atoms with E-state index < -0.39 is 10.0 Å². The first-order valence-corrected chi connectivity index (χ1v) is 7.79. The SMILES string of the molecule is Nc1ccc(Br)c(S(=O)(=O)NCCn2cccn2)c1. The van der Waals surface area contributed by atoms with Gasteiger partial charge in [-0.15, -0.1) is 0 Å². The Labute approximate surface area is 119 Å². The molecule has 6 nitrogen and oxygen atoms in total. The third kappa shape index (κ3) is 3.55. The fourth-order valence-electron chi connectivity index (χ4n) is 1.53. The molecule has 0 spiro atoms. The molecule has 19 heavy (non-hydrogen) atoms. The number of aromatic nitrogens is 2. The minimum atomic E-state index is -3.58. The zero-order chi connectivity index (χ0) is 13.9. The molecule has 102 valence electrons. The Morgan fingerprint density at radius 3 is 2.89 bits per heavy atom. The van der Waals surface area contributed by atoms with E-state index in [0.717, 1.165) is 0 Å². The minimum absolute atomic E-state index is 0.132. The number of benzene rings is 1. The third-order valence-electron chi connectivity index (χ3n) is 2.44. The zero-order valence-corrected chi connectivity index (χ0v) is 12.4. The predicted molar refractivity (Wildman–Crippen MR) is 76.0 cm³/mol. The fourth-order valence-corrected chi connectivity index (χ4v) is 3.55. The van der Waals surface area contributed by atoms with Crippen molar-refractivity contribution in [3.8, 4) is 0 Å². The molecule has 0 radical (unpaired) electrons. The van der Waals surface area contributed by atoms with Crippen molar-refractivity contribution in [3.05, 3.63) is 41.1 Å². The summed E-state index contributed by atoms with van der Waals surface area (Å²) in [5.41, 5.74) is 6.00. The lowest BCUT2D eigenvalue weighted by molar-refractivity contribution is 0.560. The lowest BCUT2D eigenvalue weighted by atomic mass is 10.3. The van der Waals surface area contributed by atoms with Crippen molar-refractivity contribution >= 4 is 31.6 Å². The molecule has 0 aliphatic rings. The van der Waals surface area contributed by atoms with Crippen LogP contribution in [0.3, 0.4) is 0 Å². The molecule has 1 aromatic heterocycles. The highest BCUT2D eigenvalue weighted by molar-refractivity contribution is 9.10. The molecule has 0 aliphatic heterocycles. The van der Waals surface area contributed by atoms with E-state index in [4.69, 9.17) is 5.73 Å². The summed E-state index contributed by atoms with van der Waals surface area (Å²) in [6.45, 7) is 0.720. The largest absolute Gasteiger partial charge is 0.399 e. The van der Waals surface area contributed by atoms with E-state index in [1.165, 1.54) is 6.07 Å². The van der Waals surface area contributed by atoms with Crippen molar-refractivity contribution in [1.29, 1.82) is 0 Å². The molecule has 0 amide bonds. The number of rotatable bonds is 5. The van der Waals surface area contributed by atoms with Crippen molar-refractivity contribution in [2.75, 3.05) is 12.3 Å². The van der Waals surface area contributed by atoms with Crippen LogP contribution in [0.15, 0.2) is 46.0 Å². The van der Waals surface area contributed by atoms with Gasteiger partial charge in [0.15, 0.2) is 0 Å². The van der Waals surface area contributed by atoms with Crippen LogP contribution in [-0.4, -0.2) is 24.7 Å². The lowest BCUT2D eigenvalue weighted by Crippen LogP contribution is -2.28. The first-order valence-electron chi connectivity index (χ1n) is 5.51. The second-order valence-electron chi connectivity index (χ2n) is 3.86. The van der Waals surface area contributed by atoms with Crippen molar-refractivity contribution in [1.82, 2.24) is 14.5 Å². The van der Waals surface area contributed by atoms with Crippen molar-refractivity contribution in [3.63, 3.8) is 0 Å². The molecular formula is C11H13BrN4O2S. The average molecular weight is 345 g/mol. The first-order chi connectivity index (χ1) is 8.99. The van der Waals surface area contributed by atoms with Gasteiger partial charge in [0.25, 0.3) is 0 Å². The highest BCUT2D eigenvalue weighted by atomic mass is 79.9. The van der Waals surface area contributed by atoms with Gasteiger partial charge in [0, 0.05) is 29.1 Å². The van der Waals surface area contributed by atoms with Crippen LogP contribution in [0.1, 0.15) is 0 Å². The maximum absolute atomic E-state index is 12.1. The van der Waals surface area contributed by atoms with E-state index in [-0.39, 0.29) is 11.4 Å². The van der Waals surface area contributed by atoms with E-state index in [1.54, 1.807) is 35.3 Å². The maximum atomic E-state index is 12.1. The highest BCUT2D eigenvalue weighted by Gasteiger charge is 2.17. The molecule has 0 bridgehead atoms. The van der Waals surface area contributed by atoms with Gasteiger partial charge >= 0.3 is 0 Å². The molecule has 2 aromatic rings. The number of nitrogens with one attached hydrogen (secondary N) is 1. The molecule has 0 unspecified atom stereocenters. The van der Waals surface area contributed by atoms with Gasteiger partial charge in [0.2, 0.25) is 10.0 Å². The number of nitrogen functional groups attached to an aromatic ring is 1. The van der Waals surface area contributed by atoms with Crippen molar-refractivity contribution in [2.24, 2.45) is 0 Å². The zero-order valence-electron chi connectivity index (χ0n) is 9.95. The third-order valence-corrected chi connectivity index (χ3v) is 4.89. The molecule has 0 saturated carbocycles. The summed E-state index contributed by atoms with van der Waals surface area (Å²) >= 11 is 3.20. The Kier molecular flexibility index (Phi) is 4.23. The Balaban J connectivity index is 2.07. The van der Waals surface area contributed by atoms with Crippen molar-refractivity contribution in [2.45, 2.75) is 11.4 Å². The van der Waals surface area contributed by atoms with Crippen LogP contribution < -0.4 is 10.5 Å².